The highest BCUT2D eigenvalue weighted by Gasteiger charge is 2.27. The highest BCUT2D eigenvalue weighted by atomic mass is 32.1. The zero-order chi connectivity index (χ0) is 30.0. The number of carbonyl (C=O) groups is 3. The van der Waals surface area contributed by atoms with Gasteiger partial charge in [-0.2, -0.15) is 0 Å². The zero-order valence-electron chi connectivity index (χ0n) is 23.4. The molecule has 0 saturated carbocycles. The molecule has 9 nitrogen and oxygen atoms in total. The molecule has 214 valence electrons. The van der Waals surface area contributed by atoms with Crippen LogP contribution in [-0.2, 0) is 11.3 Å². The summed E-state index contributed by atoms with van der Waals surface area (Å²) in [6.45, 7) is 4.85. The fourth-order valence-electron chi connectivity index (χ4n) is 4.66. The first-order chi connectivity index (χ1) is 20.2. The van der Waals surface area contributed by atoms with Crippen molar-refractivity contribution in [1.29, 1.82) is 5.41 Å². The summed E-state index contributed by atoms with van der Waals surface area (Å²) in [4.78, 5) is 40.7. The van der Waals surface area contributed by atoms with E-state index in [1.165, 1.54) is 13.2 Å². The van der Waals surface area contributed by atoms with Crippen molar-refractivity contribution in [3.05, 3.63) is 93.9 Å². The number of anilines is 1. The Morgan fingerprint density at radius 2 is 1.69 bits per heavy atom. The Hall–Kier alpha value is -4.96. The van der Waals surface area contributed by atoms with Crippen molar-refractivity contribution in [3.8, 4) is 27.3 Å². The number of esters is 1. The summed E-state index contributed by atoms with van der Waals surface area (Å²) < 4.78 is 11.1. The molecule has 0 aliphatic carbocycles. The zero-order valence-corrected chi connectivity index (χ0v) is 24.2. The first-order valence-electron chi connectivity index (χ1n) is 13.3. The number of amides is 2. The van der Waals surface area contributed by atoms with Crippen LogP contribution in [-0.4, -0.2) is 37.3 Å². The third-order valence-electron chi connectivity index (χ3n) is 6.84. The van der Waals surface area contributed by atoms with Crippen molar-refractivity contribution in [3.63, 3.8) is 0 Å². The van der Waals surface area contributed by atoms with Gasteiger partial charge in [-0.1, -0.05) is 19.9 Å². The molecule has 42 heavy (non-hydrogen) atoms. The van der Waals surface area contributed by atoms with E-state index >= 15 is 0 Å². The van der Waals surface area contributed by atoms with Crippen molar-refractivity contribution in [1.82, 2.24) is 5.32 Å². The third kappa shape index (κ3) is 5.75. The molecule has 10 heteroatoms. The summed E-state index contributed by atoms with van der Waals surface area (Å²) in [5.74, 6) is -0.612. The van der Waals surface area contributed by atoms with E-state index in [0.717, 1.165) is 16.0 Å². The Morgan fingerprint density at radius 3 is 2.38 bits per heavy atom. The second-order valence-electron chi connectivity index (χ2n) is 10.3. The minimum absolute atomic E-state index is 0.0757. The number of methoxy groups -OCH3 is 1. The molecule has 0 bridgehead atoms. The van der Waals surface area contributed by atoms with E-state index < -0.39 is 11.9 Å². The Morgan fingerprint density at radius 1 is 0.952 bits per heavy atom. The average molecular weight is 583 g/mol. The first-order valence-corrected chi connectivity index (χ1v) is 14.2. The van der Waals surface area contributed by atoms with E-state index in [0.29, 0.717) is 52.4 Å². The lowest BCUT2D eigenvalue weighted by molar-refractivity contribution is 0.0601. The number of rotatable bonds is 8. The highest BCUT2D eigenvalue weighted by molar-refractivity contribution is 7.13. The molecule has 2 amide bonds. The van der Waals surface area contributed by atoms with Gasteiger partial charge in [0, 0.05) is 44.9 Å². The fraction of sp³-hybridized carbons (Fsp3) is 0.188. The van der Waals surface area contributed by atoms with Gasteiger partial charge in [0.2, 0.25) is 0 Å². The monoisotopic (exact) mass is 582 g/mol. The predicted molar refractivity (Wildman–Crippen MR) is 163 cm³/mol. The van der Waals surface area contributed by atoms with Crippen molar-refractivity contribution >= 4 is 40.6 Å². The lowest BCUT2D eigenvalue weighted by Crippen LogP contribution is -2.27. The number of fused-ring (bicyclic) bond motifs is 3. The largest absolute Gasteiger partial charge is 0.488 e. The standard InChI is InChI=1S/C32H30N4O5S/c1-17(2)15-35-30(37)19-6-9-22(25(12-19)32(39)40-3)23-14-27-26(28-20(16-41-27)10-11-42-28)13-24(23)31(38)36-21-7-4-18(5-8-21)29(33)34/h4-14,17H,15-16H2,1-3H3,(H3,33,34)(H,35,37)(H,36,38). The molecule has 5 rings (SSSR count). The summed E-state index contributed by atoms with van der Waals surface area (Å²) in [6, 6.07) is 16.9. The average Bonchev–Trinajstić information content (AvgIpc) is 3.48. The molecule has 1 aliphatic heterocycles. The third-order valence-corrected chi connectivity index (χ3v) is 7.83. The van der Waals surface area contributed by atoms with Crippen LogP contribution >= 0.6 is 11.3 Å². The molecule has 0 unspecified atom stereocenters. The number of hydrogen-bond acceptors (Lipinski definition) is 7. The molecule has 5 N–H and O–H groups in total. The Kier molecular flexibility index (Phi) is 8.08. The van der Waals surface area contributed by atoms with E-state index in [4.69, 9.17) is 20.6 Å². The van der Waals surface area contributed by atoms with Crippen LogP contribution in [0.4, 0.5) is 5.69 Å². The van der Waals surface area contributed by atoms with E-state index in [-0.39, 0.29) is 23.2 Å². The summed E-state index contributed by atoms with van der Waals surface area (Å²) >= 11 is 1.56. The van der Waals surface area contributed by atoms with Gasteiger partial charge in [-0.15, -0.1) is 11.3 Å². The number of nitrogens with two attached hydrogens (primary N) is 1. The Bertz CT molecular complexity index is 1710. The van der Waals surface area contributed by atoms with Gasteiger partial charge < -0.3 is 25.8 Å². The smallest absolute Gasteiger partial charge is 0.338 e. The number of carbonyl (C=O) groups excluding carboxylic acids is 3. The van der Waals surface area contributed by atoms with Crippen LogP contribution in [0.2, 0.25) is 0 Å². The normalized spacial score (nSPS) is 11.6. The van der Waals surface area contributed by atoms with Crippen molar-refractivity contribution < 1.29 is 23.9 Å². The quantitative estimate of drug-likeness (QED) is 0.120. The van der Waals surface area contributed by atoms with Crippen LogP contribution in [0.15, 0.2) is 66.0 Å². The maximum absolute atomic E-state index is 13.8. The molecule has 0 saturated heterocycles. The van der Waals surface area contributed by atoms with Crippen molar-refractivity contribution in [2.75, 3.05) is 19.0 Å². The van der Waals surface area contributed by atoms with E-state index in [1.807, 2.05) is 25.3 Å². The molecular weight excluding hydrogens is 552 g/mol. The van der Waals surface area contributed by atoms with Crippen LogP contribution in [0, 0.1) is 11.3 Å². The van der Waals surface area contributed by atoms with E-state index in [9.17, 15) is 14.4 Å². The number of benzene rings is 3. The van der Waals surface area contributed by atoms with Crippen molar-refractivity contribution in [2.45, 2.75) is 20.5 Å². The summed E-state index contributed by atoms with van der Waals surface area (Å²) in [7, 11) is 1.27. The van der Waals surface area contributed by atoms with Crippen molar-refractivity contribution in [2.24, 2.45) is 11.7 Å². The summed E-state index contributed by atoms with van der Waals surface area (Å²) in [5, 5.41) is 15.4. The van der Waals surface area contributed by atoms with E-state index in [2.05, 4.69) is 10.6 Å². The van der Waals surface area contributed by atoms with Gasteiger partial charge in [0.1, 0.15) is 18.2 Å². The second kappa shape index (κ2) is 11.9. The maximum atomic E-state index is 13.8. The summed E-state index contributed by atoms with van der Waals surface area (Å²) in [5.41, 5.74) is 10.0. The van der Waals surface area contributed by atoms with Gasteiger partial charge in [-0.05, 0) is 77.0 Å². The molecule has 2 heterocycles. The van der Waals surface area contributed by atoms with Crippen LogP contribution in [0.3, 0.4) is 0 Å². The molecule has 1 aromatic heterocycles. The van der Waals surface area contributed by atoms with Gasteiger partial charge in [-0.3, -0.25) is 15.0 Å². The van der Waals surface area contributed by atoms with Crippen LogP contribution in [0.25, 0.3) is 21.6 Å². The van der Waals surface area contributed by atoms with Gasteiger partial charge >= 0.3 is 5.97 Å². The maximum Gasteiger partial charge on any atom is 0.338 e. The molecule has 1 aliphatic rings. The van der Waals surface area contributed by atoms with Gasteiger partial charge in [-0.25, -0.2) is 4.79 Å². The Labute approximate surface area is 247 Å². The molecule has 0 fully saturated rings. The number of hydrogen-bond donors (Lipinski definition) is 4. The molecule has 0 spiro atoms. The first kappa shape index (κ1) is 28.6. The lowest BCUT2D eigenvalue weighted by atomic mass is 9.90. The molecule has 4 aromatic rings. The minimum atomic E-state index is -0.645. The SMILES string of the molecule is COC(=O)c1cc(C(=O)NCC(C)C)ccc1-c1cc2c(cc1C(=O)Nc1ccc(C(=N)N)cc1)-c1sccc1CO2. The lowest BCUT2D eigenvalue weighted by Gasteiger charge is -2.22. The summed E-state index contributed by atoms with van der Waals surface area (Å²) in [6.07, 6.45) is 0. The van der Waals surface area contributed by atoms with Gasteiger partial charge in [0.05, 0.1) is 12.7 Å². The van der Waals surface area contributed by atoms with Crippen LogP contribution < -0.4 is 21.1 Å². The Balaban J connectivity index is 1.63. The minimum Gasteiger partial charge on any atom is -0.488 e. The fourth-order valence-corrected chi connectivity index (χ4v) is 5.59. The molecule has 0 atom stereocenters. The highest BCUT2D eigenvalue weighted by Crippen LogP contribution is 2.45. The number of thiophene rings is 1. The number of amidine groups is 1. The van der Waals surface area contributed by atoms with Gasteiger partial charge in [0.25, 0.3) is 11.8 Å². The topological polar surface area (TPSA) is 144 Å². The number of nitrogen functional groups attached to an aromatic ring is 1. The molecular formula is C32H30N4O5S. The van der Waals surface area contributed by atoms with Crippen LogP contribution in [0.5, 0.6) is 5.75 Å². The van der Waals surface area contributed by atoms with Crippen LogP contribution in [0.1, 0.15) is 56.0 Å². The molecule has 0 radical (unpaired) electrons. The molecule has 3 aromatic carbocycles. The number of ether oxygens (including phenoxy) is 2. The number of nitrogens with one attached hydrogen (secondary N) is 3. The van der Waals surface area contributed by atoms with E-state index in [1.54, 1.807) is 59.9 Å². The predicted octanol–water partition coefficient (Wildman–Crippen LogP) is 5.68. The second-order valence-corrected chi connectivity index (χ2v) is 11.2. The van der Waals surface area contributed by atoms with Gasteiger partial charge in [0.15, 0.2) is 0 Å².